The summed E-state index contributed by atoms with van der Waals surface area (Å²) in [5.74, 6) is -0.355. The zero-order valence-electron chi connectivity index (χ0n) is 9.69. The summed E-state index contributed by atoms with van der Waals surface area (Å²) >= 11 is 1.23. The molecule has 0 aliphatic carbocycles. The van der Waals surface area contributed by atoms with Gasteiger partial charge in [0.15, 0.2) is 0 Å². The standard InChI is InChI=1S/C11H16N2O3S/c1-15-11(14)9-5-8(10(12)17-9)13-6-7-3-2-4-16-7/h5,7,13H,2-4,6,12H2,1H3/t7-/m0/s1. The van der Waals surface area contributed by atoms with E-state index in [1.54, 1.807) is 6.07 Å². The molecule has 0 radical (unpaired) electrons. The number of nitrogens with two attached hydrogens (primary N) is 1. The highest BCUT2D eigenvalue weighted by molar-refractivity contribution is 7.18. The Labute approximate surface area is 104 Å². The van der Waals surface area contributed by atoms with Gasteiger partial charge < -0.3 is 20.5 Å². The van der Waals surface area contributed by atoms with Gasteiger partial charge in [-0.1, -0.05) is 0 Å². The molecule has 3 N–H and O–H groups in total. The minimum atomic E-state index is -0.355. The van der Waals surface area contributed by atoms with Crippen LogP contribution in [0.25, 0.3) is 0 Å². The Bertz CT molecular complexity index is 399. The Balaban J connectivity index is 1.95. The van der Waals surface area contributed by atoms with Crippen LogP contribution in [0.2, 0.25) is 0 Å². The molecule has 6 heteroatoms. The van der Waals surface area contributed by atoms with Gasteiger partial charge in [0, 0.05) is 13.2 Å². The molecule has 1 aliphatic heterocycles. The maximum Gasteiger partial charge on any atom is 0.348 e. The molecule has 2 heterocycles. The second-order valence-corrected chi connectivity index (χ2v) is 4.98. The number of rotatable bonds is 4. The van der Waals surface area contributed by atoms with Crippen LogP contribution in [0.4, 0.5) is 10.7 Å². The Morgan fingerprint density at radius 3 is 3.24 bits per heavy atom. The van der Waals surface area contributed by atoms with E-state index in [1.807, 2.05) is 0 Å². The minimum absolute atomic E-state index is 0.246. The molecule has 2 rings (SSSR count). The number of hydrogen-bond donors (Lipinski definition) is 2. The molecule has 0 spiro atoms. The molecule has 5 nitrogen and oxygen atoms in total. The number of hydrogen-bond acceptors (Lipinski definition) is 6. The number of esters is 1. The van der Waals surface area contributed by atoms with E-state index in [9.17, 15) is 4.79 Å². The van der Waals surface area contributed by atoms with Crippen molar-refractivity contribution in [3.8, 4) is 0 Å². The van der Waals surface area contributed by atoms with Crippen LogP contribution < -0.4 is 11.1 Å². The molecule has 1 atom stereocenters. The van der Waals surface area contributed by atoms with E-state index in [4.69, 9.17) is 10.5 Å². The Hall–Kier alpha value is -1.27. The monoisotopic (exact) mass is 256 g/mol. The number of anilines is 2. The summed E-state index contributed by atoms with van der Waals surface area (Å²) in [6, 6.07) is 1.72. The normalized spacial score (nSPS) is 19.2. The molecule has 94 valence electrons. The molecule has 0 bridgehead atoms. The fourth-order valence-electron chi connectivity index (χ4n) is 1.77. The largest absolute Gasteiger partial charge is 0.465 e. The van der Waals surface area contributed by atoms with Crippen molar-refractivity contribution in [2.24, 2.45) is 0 Å². The van der Waals surface area contributed by atoms with Gasteiger partial charge in [-0.3, -0.25) is 0 Å². The quantitative estimate of drug-likeness (QED) is 0.802. The molecule has 0 aromatic carbocycles. The number of carbonyl (C=O) groups excluding carboxylic acids is 1. The average molecular weight is 256 g/mol. The molecule has 0 amide bonds. The van der Waals surface area contributed by atoms with Crippen LogP contribution in [-0.4, -0.2) is 32.3 Å². The summed E-state index contributed by atoms with van der Waals surface area (Å²) in [6.45, 7) is 1.56. The van der Waals surface area contributed by atoms with Crippen LogP contribution in [0.5, 0.6) is 0 Å². The number of ether oxygens (including phenoxy) is 2. The molecule has 1 fully saturated rings. The zero-order chi connectivity index (χ0) is 12.3. The topological polar surface area (TPSA) is 73.6 Å². The lowest BCUT2D eigenvalue weighted by Crippen LogP contribution is -2.18. The van der Waals surface area contributed by atoms with Crippen molar-refractivity contribution < 1.29 is 14.3 Å². The van der Waals surface area contributed by atoms with Crippen molar-refractivity contribution >= 4 is 28.0 Å². The van der Waals surface area contributed by atoms with Crippen molar-refractivity contribution in [1.29, 1.82) is 0 Å². The fourth-order valence-corrected chi connectivity index (χ4v) is 2.59. The van der Waals surface area contributed by atoms with Crippen LogP contribution >= 0.6 is 11.3 Å². The summed E-state index contributed by atoms with van der Waals surface area (Å²) in [5.41, 5.74) is 6.61. The summed E-state index contributed by atoms with van der Waals surface area (Å²) in [7, 11) is 1.36. The van der Waals surface area contributed by atoms with E-state index in [1.165, 1.54) is 18.4 Å². The number of nitrogens with one attached hydrogen (secondary N) is 1. The molecule has 0 saturated carbocycles. The third-order valence-electron chi connectivity index (χ3n) is 2.69. The van der Waals surface area contributed by atoms with E-state index in [-0.39, 0.29) is 12.1 Å². The van der Waals surface area contributed by atoms with Crippen molar-refractivity contribution in [1.82, 2.24) is 0 Å². The molecule has 17 heavy (non-hydrogen) atoms. The van der Waals surface area contributed by atoms with Gasteiger partial charge >= 0.3 is 5.97 Å². The molecule has 1 aromatic heterocycles. The Morgan fingerprint density at radius 2 is 2.59 bits per heavy atom. The van der Waals surface area contributed by atoms with E-state index in [0.29, 0.717) is 9.88 Å². The van der Waals surface area contributed by atoms with Gasteiger partial charge in [-0.05, 0) is 18.9 Å². The van der Waals surface area contributed by atoms with Crippen LogP contribution in [0.3, 0.4) is 0 Å². The first-order valence-electron chi connectivity index (χ1n) is 5.54. The molecule has 1 saturated heterocycles. The first kappa shape index (κ1) is 12.2. The molecular formula is C11H16N2O3S. The number of methoxy groups -OCH3 is 1. The van der Waals surface area contributed by atoms with E-state index in [0.717, 1.165) is 31.7 Å². The van der Waals surface area contributed by atoms with Crippen LogP contribution in [-0.2, 0) is 9.47 Å². The second kappa shape index (κ2) is 5.37. The number of nitrogen functional groups attached to an aromatic ring is 1. The van der Waals surface area contributed by atoms with E-state index < -0.39 is 0 Å². The molecule has 1 aliphatic rings. The zero-order valence-corrected chi connectivity index (χ0v) is 10.5. The van der Waals surface area contributed by atoms with Gasteiger partial charge in [0.1, 0.15) is 9.88 Å². The summed E-state index contributed by atoms with van der Waals surface area (Å²) in [5, 5.41) is 3.81. The van der Waals surface area contributed by atoms with Crippen molar-refractivity contribution in [2.45, 2.75) is 18.9 Å². The van der Waals surface area contributed by atoms with Crippen molar-refractivity contribution in [3.63, 3.8) is 0 Å². The maximum absolute atomic E-state index is 11.3. The molecule has 0 unspecified atom stereocenters. The number of thiophene rings is 1. The third-order valence-corrected chi connectivity index (χ3v) is 3.64. The molecular weight excluding hydrogens is 240 g/mol. The predicted octanol–water partition coefficient (Wildman–Crippen LogP) is 1.71. The Morgan fingerprint density at radius 1 is 1.76 bits per heavy atom. The van der Waals surface area contributed by atoms with Crippen LogP contribution in [0, 0.1) is 0 Å². The van der Waals surface area contributed by atoms with Gasteiger partial charge in [-0.25, -0.2) is 4.79 Å². The fraction of sp³-hybridized carbons (Fsp3) is 0.545. The molecule has 1 aromatic rings. The first-order chi connectivity index (χ1) is 8.20. The van der Waals surface area contributed by atoms with Gasteiger partial charge in [-0.2, -0.15) is 0 Å². The SMILES string of the molecule is COC(=O)c1cc(NC[C@@H]2CCCO2)c(N)s1. The third kappa shape index (κ3) is 2.89. The van der Waals surface area contributed by atoms with Gasteiger partial charge in [0.05, 0.1) is 18.9 Å². The van der Waals surface area contributed by atoms with Gasteiger partial charge in [-0.15, -0.1) is 11.3 Å². The lowest BCUT2D eigenvalue weighted by atomic mass is 10.2. The highest BCUT2D eigenvalue weighted by atomic mass is 32.1. The summed E-state index contributed by atoms with van der Waals surface area (Å²) in [6.07, 6.45) is 2.43. The Kier molecular flexibility index (Phi) is 3.86. The lowest BCUT2D eigenvalue weighted by molar-refractivity contribution is 0.0606. The van der Waals surface area contributed by atoms with E-state index in [2.05, 4.69) is 10.1 Å². The van der Waals surface area contributed by atoms with Crippen molar-refractivity contribution in [3.05, 3.63) is 10.9 Å². The predicted molar refractivity (Wildman–Crippen MR) is 67.5 cm³/mol. The first-order valence-corrected chi connectivity index (χ1v) is 6.35. The van der Waals surface area contributed by atoms with Gasteiger partial charge in [0.25, 0.3) is 0 Å². The second-order valence-electron chi connectivity index (χ2n) is 3.90. The van der Waals surface area contributed by atoms with Gasteiger partial charge in [0.2, 0.25) is 0 Å². The number of carbonyl (C=O) groups is 1. The minimum Gasteiger partial charge on any atom is -0.465 e. The average Bonchev–Trinajstić information content (AvgIpc) is 2.95. The summed E-state index contributed by atoms with van der Waals surface area (Å²) in [4.78, 5) is 11.8. The highest BCUT2D eigenvalue weighted by Gasteiger charge is 2.17. The highest BCUT2D eigenvalue weighted by Crippen LogP contribution is 2.30. The smallest absolute Gasteiger partial charge is 0.348 e. The van der Waals surface area contributed by atoms with Crippen molar-refractivity contribution in [2.75, 3.05) is 31.3 Å². The van der Waals surface area contributed by atoms with Crippen LogP contribution in [0.15, 0.2) is 6.07 Å². The lowest BCUT2D eigenvalue weighted by Gasteiger charge is -2.10. The van der Waals surface area contributed by atoms with E-state index >= 15 is 0 Å². The maximum atomic E-state index is 11.3. The summed E-state index contributed by atoms with van der Waals surface area (Å²) < 4.78 is 10.1. The van der Waals surface area contributed by atoms with Crippen LogP contribution in [0.1, 0.15) is 22.5 Å².